The molecule has 0 saturated carbocycles. The van der Waals surface area contributed by atoms with Crippen LogP contribution >= 0.6 is 0 Å². The SMILES string of the molecule is CCCN(Cc1ncc(-c2cc3c4c(c2)OCc2cc(-c5cnc(CN(CCC)C(=O)[C@H](NC(=O)c6ccccn6)c6ccccc6)[nH]5)cc(c2-4)OC3)[nH]1)C(=O)[C@H](NC(=O)c1ccccn1)c1ccccc1. The van der Waals surface area contributed by atoms with Gasteiger partial charge >= 0.3 is 0 Å². The fourth-order valence-electron chi connectivity index (χ4n) is 9.24. The summed E-state index contributed by atoms with van der Waals surface area (Å²) in [5.74, 6) is 1.23. The molecule has 4 amide bonds. The summed E-state index contributed by atoms with van der Waals surface area (Å²) in [6.07, 6.45) is 8.00. The molecule has 0 spiro atoms. The van der Waals surface area contributed by atoms with Crippen molar-refractivity contribution in [2.24, 2.45) is 0 Å². The van der Waals surface area contributed by atoms with Crippen molar-refractivity contribution in [2.75, 3.05) is 13.1 Å². The van der Waals surface area contributed by atoms with E-state index in [1.165, 1.54) is 0 Å². The Morgan fingerprint density at radius 3 is 1.36 bits per heavy atom. The molecule has 2 aliphatic heterocycles. The van der Waals surface area contributed by atoms with Crippen LogP contribution in [0.3, 0.4) is 0 Å². The second-order valence-corrected chi connectivity index (χ2v) is 17.7. The number of rotatable bonds is 18. The number of carbonyl (C=O) groups is 4. The van der Waals surface area contributed by atoms with Crippen molar-refractivity contribution in [3.8, 4) is 45.1 Å². The van der Waals surface area contributed by atoms with Crippen LogP contribution in [0, 0.1) is 0 Å². The second kappa shape index (κ2) is 21.0. The average Bonchev–Trinajstić information content (AvgIpc) is 4.11. The van der Waals surface area contributed by atoms with Gasteiger partial charge < -0.3 is 39.9 Å². The van der Waals surface area contributed by atoms with Crippen molar-refractivity contribution in [3.05, 3.63) is 191 Å². The highest BCUT2D eigenvalue weighted by atomic mass is 16.5. The zero-order chi connectivity index (χ0) is 49.6. The van der Waals surface area contributed by atoms with E-state index in [9.17, 15) is 19.2 Å². The Labute approximate surface area is 415 Å². The molecule has 10 rings (SSSR count). The maximum Gasteiger partial charge on any atom is 0.270 e. The molecule has 4 aromatic carbocycles. The van der Waals surface area contributed by atoms with Crippen LogP contribution in [-0.2, 0) is 35.9 Å². The zero-order valence-corrected chi connectivity index (χ0v) is 39.8. The van der Waals surface area contributed by atoms with Crippen molar-refractivity contribution in [1.82, 2.24) is 50.3 Å². The molecular formula is C56H52N10O6. The lowest BCUT2D eigenvalue weighted by Gasteiger charge is -2.30. The first-order chi connectivity index (χ1) is 35.2. The first kappa shape index (κ1) is 46.8. The van der Waals surface area contributed by atoms with Crippen molar-refractivity contribution in [1.29, 1.82) is 0 Å². The van der Waals surface area contributed by atoms with Crippen LogP contribution < -0.4 is 20.1 Å². The molecule has 16 heteroatoms. The summed E-state index contributed by atoms with van der Waals surface area (Å²) in [7, 11) is 0. The molecular weight excluding hydrogens is 909 g/mol. The Bertz CT molecular complexity index is 2970. The smallest absolute Gasteiger partial charge is 0.270 e. The van der Waals surface area contributed by atoms with E-state index in [0.717, 1.165) is 56.3 Å². The van der Waals surface area contributed by atoms with Gasteiger partial charge in [0.15, 0.2) is 0 Å². The minimum Gasteiger partial charge on any atom is -0.488 e. The van der Waals surface area contributed by atoms with E-state index in [2.05, 4.69) is 42.7 Å². The molecule has 0 saturated heterocycles. The van der Waals surface area contributed by atoms with Crippen LogP contribution in [0.1, 0.15) is 93.7 Å². The number of amides is 4. The number of aromatic amines is 2. The number of hydrogen-bond acceptors (Lipinski definition) is 10. The summed E-state index contributed by atoms with van der Waals surface area (Å²) < 4.78 is 13.0. The molecule has 0 bridgehead atoms. The van der Waals surface area contributed by atoms with Crippen LogP contribution in [-0.4, -0.2) is 76.4 Å². The molecule has 6 heterocycles. The summed E-state index contributed by atoms with van der Waals surface area (Å²) in [4.78, 5) is 83.3. The Morgan fingerprint density at radius 2 is 0.972 bits per heavy atom. The minimum absolute atomic E-state index is 0.195. The molecule has 0 radical (unpaired) electrons. The third-order valence-electron chi connectivity index (χ3n) is 12.7. The van der Waals surface area contributed by atoms with Crippen molar-refractivity contribution in [3.63, 3.8) is 0 Å². The lowest BCUT2D eigenvalue weighted by atomic mass is 9.87. The zero-order valence-electron chi connectivity index (χ0n) is 39.8. The van der Waals surface area contributed by atoms with Crippen LogP contribution in [0.4, 0.5) is 0 Å². The maximum absolute atomic E-state index is 14.3. The highest BCUT2D eigenvalue weighted by molar-refractivity contribution is 5.97. The molecule has 2 atom stereocenters. The van der Waals surface area contributed by atoms with Crippen LogP contribution in [0.15, 0.2) is 146 Å². The van der Waals surface area contributed by atoms with E-state index in [0.29, 0.717) is 61.9 Å². The highest BCUT2D eigenvalue weighted by Crippen LogP contribution is 2.50. The van der Waals surface area contributed by atoms with Crippen LogP contribution in [0.2, 0.25) is 0 Å². The first-order valence-corrected chi connectivity index (χ1v) is 24.0. The number of nitrogens with zero attached hydrogens (tertiary/aromatic N) is 6. The van der Waals surface area contributed by atoms with E-state index < -0.39 is 23.9 Å². The number of H-pyrrole nitrogens is 2. The molecule has 4 aromatic heterocycles. The van der Waals surface area contributed by atoms with Gasteiger partial charge in [0.2, 0.25) is 11.8 Å². The molecule has 16 nitrogen and oxygen atoms in total. The predicted molar refractivity (Wildman–Crippen MR) is 269 cm³/mol. The van der Waals surface area contributed by atoms with Gasteiger partial charge in [0.25, 0.3) is 11.8 Å². The quantitative estimate of drug-likeness (QED) is 0.0646. The molecule has 0 aliphatic carbocycles. The highest BCUT2D eigenvalue weighted by Gasteiger charge is 2.33. The number of imidazole rings is 2. The number of carbonyl (C=O) groups excluding carboxylic acids is 4. The normalized spacial score (nSPS) is 12.9. The maximum atomic E-state index is 14.3. The summed E-state index contributed by atoms with van der Waals surface area (Å²) in [6.45, 7) is 5.90. The van der Waals surface area contributed by atoms with Gasteiger partial charge in [0.1, 0.15) is 59.8 Å². The van der Waals surface area contributed by atoms with Crippen molar-refractivity contribution < 1.29 is 28.7 Å². The molecule has 2 aliphatic rings. The Morgan fingerprint density at radius 1 is 0.556 bits per heavy atom. The van der Waals surface area contributed by atoms with Crippen molar-refractivity contribution >= 4 is 23.6 Å². The van der Waals surface area contributed by atoms with E-state index in [-0.39, 0.29) is 36.3 Å². The number of hydrogen-bond donors (Lipinski definition) is 4. The fourth-order valence-corrected chi connectivity index (χ4v) is 9.24. The molecule has 0 unspecified atom stereocenters. The molecule has 4 N–H and O–H groups in total. The standard InChI is InChI=1S/C56H52N10O6/c1-3-23-65(55(69)51(35-15-7-5-8-16-35)63-53(67)41-19-11-13-21-57-41)31-47-59-29-43(61-47)37-25-39-33-72-46-28-38(26-40-34-71-45(27-37)49(39)50(40)46)44-30-60-48(62-44)32-66(24-4-2)56(70)52(36-17-9-6-10-18-36)64-54(68)42-20-12-14-22-58-42/h5-22,25-30,51-52H,3-4,23-24,31-34H2,1-2H3,(H,59,61)(H,60,62)(H,63,67)(H,64,68)/t51-,52-/m1/s1. The number of pyridine rings is 2. The minimum atomic E-state index is -0.937. The lowest BCUT2D eigenvalue weighted by Crippen LogP contribution is -2.43. The molecule has 362 valence electrons. The van der Waals surface area contributed by atoms with Gasteiger partial charge in [-0.25, -0.2) is 9.97 Å². The molecule has 8 aromatic rings. The average molecular weight is 961 g/mol. The van der Waals surface area contributed by atoms with Crippen LogP contribution in [0.25, 0.3) is 33.6 Å². The summed E-state index contributed by atoms with van der Waals surface area (Å²) in [6, 6.07) is 34.9. The lowest BCUT2D eigenvalue weighted by molar-refractivity contribution is -0.135. The van der Waals surface area contributed by atoms with E-state index in [1.54, 1.807) is 71.0 Å². The third-order valence-corrected chi connectivity index (χ3v) is 12.7. The molecule has 72 heavy (non-hydrogen) atoms. The Hall–Kier alpha value is -8.92. The molecule has 0 fully saturated rings. The van der Waals surface area contributed by atoms with Crippen LogP contribution in [0.5, 0.6) is 11.5 Å². The largest absolute Gasteiger partial charge is 0.488 e. The van der Waals surface area contributed by atoms with E-state index in [1.807, 2.05) is 86.6 Å². The predicted octanol–water partition coefficient (Wildman–Crippen LogP) is 8.53. The summed E-state index contributed by atoms with van der Waals surface area (Å²) >= 11 is 0. The Balaban J connectivity index is 0.853. The topological polar surface area (TPSA) is 200 Å². The second-order valence-electron chi connectivity index (χ2n) is 17.7. The number of benzene rings is 4. The van der Waals surface area contributed by atoms with Gasteiger partial charge in [0, 0.05) is 58.9 Å². The summed E-state index contributed by atoms with van der Waals surface area (Å²) in [5.41, 5.74) is 8.89. The van der Waals surface area contributed by atoms with Gasteiger partial charge in [-0.2, -0.15) is 0 Å². The Kier molecular flexibility index (Phi) is 13.6. The fraction of sp³-hybridized carbons (Fsp3) is 0.214. The number of nitrogens with one attached hydrogen (secondary N) is 4. The van der Waals surface area contributed by atoms with Gasteiger partial charge in [-0.3, -0.25) is 29.1 Å². The van der Waals surface area contributed by atoms with Gasteiger partial charge in [-0.05, 0) is 72.5 Å². The van der Waals surface area contributed by atoms with E-state index >= 15 is 0 Å². The monoisotopic (exact) mass is 960 g/mol. The van der Waals surface area contributed by atoms with Gasteiger partial charge in [-0.15, -0.1) is 0 Å². The first-order valence-electron chi connectivity index (χ1n) is 24.0. The number of aromatic nitrogens is 6. The van der Waals surface area contributed by atoms with Crippen molar-refractivity contribution in [2.45, 2.75) is 65.1 Å². The number of ether oxygens (including phenoxy) is 2. The third kappa shape index (κ3) is 9.92. The summed E-state index contributed by atoms with van der Waals surface area (Å²) in [5, 5.41) is 5.85. The van der Waals surface area contributed by atoms with Gasteiger partial charge in [0.05, 0.1) is 36.9 Å². The van der Waals surface area contributed by atoms with Gasteiger partial charge in [-0.1, -0.05) is 86.6 Å². The van der Waals surface area contributed by atoms with E-state index in [4.69, 9.17) is 19.4 Å².